The van der Waals surface area contributed by atoms with E-state index in [2.05, 4.69) is 0 Å². The van der Waals surface area contributed by atoms with Crippen molar-refractivity contribution < 1.29 is 10.2 Å². The molecule has 76 valence electrons. The van der Waals surface area contributed by atoms with Gasteiger partial charge in [0.2, 0.25) is 0 Å². The minimum absolute atomic E-state index is 0.00450. The molecular formula is C12H12N2O. The van der Waals surface area contributed by atoms with Crippen LogP contribution < -0.4 is 16.2 Å². The van der Waals surface area contributed by atoms with Crippen molar-refractivity contribution in [2.24, 2.45) is 0 Å². The Hall–Kier alpha value is -2.16. The number of nitrogens with two attached hydrogens (primary N) is 2. The first-order valence-electron chi connectivity index (χ1n) is 6.29. The molecule has 2 aromatic rings. The van der Waals surface area contributed by atoms with E-state index < -0.39 is 0 Å². The monoisotopic (exact) mass is 204 g/mol. The molecule has 0 spiro atoms. The van der Waals surface area contributed by atoms with Gasteiger partial charge in [0, 0.05) is 11.4 Å². The first-order valence-corrected chi connectivity index (χ1v) is 4.29. The minimum atomic E-state index is -0.00450. The molecule has 0 aliphatic heterocycles. The smallest absolute Gasteiger partial charge is 0.127 e. The topological polar surface area (TPSA) is 61.3 Å². The number of benzene rings is 2. The van der Waals surface area contributed by atoms with E-state index in [4.69, 9.17) is 21.7 Å². The molecule has 0 amide bonds. The largest absolute Gasteiger partial charge is 0.457 e. The van der Waals surface area contributed by atoms with E-state index in [9.17, 15) is 0 Å². The molecule has 0 unspecified atom stereocenters. The Labute approximate surface area is 93.9 Å². The fraction of sp³-hybridized carbons (Fsp3) is 0. The summed E-state index contributed by atoms with van der Waals surface area (Å²) in [5.41, 5.74) is 11.2. The number of anilines is 2. The summed E-state index contributed by atoms with van der Waals surface area (Å²) in [4.78, 5) is 0. The lowest BCUT2D eigenvalue weighted by molar-refractivity contribution is 0.483. The van der Waals surface area contributed by atoms with Crippen molar-refractivity contribution in [1.82, 2.24) is 0 Å². The van der Waals surface area contributed by atoms with E-state index >= 15 is 0 Å². The highest BCUT2D eigenvalue weighted by molar-refractivity contribution is 5.45. The lowest BCUT2D eigenvalue weighted by Gasteiger charge is -2.05. The van der Waals surface area contributed by atoms with Gasteiger partial charge < -0.3 is 16.2 Å². The van der Waals surface area contributed by atoms with Crippen LogP contribution in [0, 0.1) is 0 Å². The van der Waals surface area contributed by atoms with Gasteiger partial charge in [-0.1, -0.05) is 0 Å². The molecule has 2 rings (SSSR count). The highest BCUT2D eigenvalue weighted by Gasteiger charge is 1.96. The van der Waals surface area contributed by atoms with E-state index in [0.29, 0.717) is 0 Å². The van der Waals surface area contributed by atoms with E-state index in [1.165, 1.54) is 24.3 Å². The highest BCUT2D eigenvalue weighted by atomic mass is 16.5. The normalized spacial score (nSPS) is 13.6. The Bertz CT molecular complexity index is 544. The minimum Gasteiger partial charge on any atom is -0.457 e. The van der Waals surface area contributed by atoms with Gasteiger partial charge in [0.05, 0.1) is 5.48 Å². The Morgan fingerprint density at radius 3 is 1.47 bits per heavy atom. The Balaban J connectivity index is 2.36. The third-order valence-electron chi connectivity index (χ3n) is 1.72. The van der Waals surface area contributed by atoms with E-state index in [1.807, 2.05) is 0 Å². The third kappa shape index (κ3) is 2.40. The van der Waals surface area contributed by atoms with Gasteiger partial charge >= 0.3 is 0 Å². The van der Waals surface area contributed by atoms with Crippen molar-refractivity contribution in [3.63, 3.8) is 0 Å². The lowest BCUT2D eigenvalue weighted by atomic mass is 10.3. The quantitative estimate of drug-likeness (QED) is 0.739. The summed E-state index contributed by atoms with van der Waals surface area (Å²) in [6, 6.07) is 5.47. The maximum atomic E-state index is 7.57. The SMILES string of the molecule is [2H]c1cc(Oc2cc([2H])c(N)c([2H])c2)cc([2H])c1N. The first kappa shape index (κ1) is 5.66. The van der Waals surface area contributed by atoms with Gasteiger partial charge in [-0.3, -0.25) is 0 Å². The van der Waals surface area contributed by atoms with Crippen molar-refractivity contribution >= 4 is 11.4 Å². The highest BCUT2D eigenvalue weighted by Crippen LogP contribution is 2.22. The van der Waals surface area contributed by atoms with Gasteiger partial charge in [-0.25, -0.2) is 0 Å². The predicted molar refractivity (Wildman–Crippen MR) is 61.8 cm³/mol. The van der Waals surface area contributed by atoms with Gasteiger partial charge in [-0.2, -0.15) is 0 Å². The molecular weight excluding hydrogens is 188 g/mol. The second-order valence-corrected chi connectivity index (χ2v) is 2.89. The van der Waals surface area contributed by atoms with Crippen LogP contribution >= 0.6 is 0 Å². The average molecular weight is 204 g/mol. The van der Waals surface area contributed by atoms with Crippen LogP contribution in [-0.2, 0) is 0 Å². The fourth-order valence-corrected chi connectivity index (χ4v) is 1.02. The zero-order valence-corrected chi connectivity index (χ0v) is 7.87. The number of hydrogen-bond acceptors (Lipinski definition) is 3. The van der Waals surface area contributed by atoms with Crippen LogP contribution in [0.25, 0.3) is 0 Å². The summed E-state index contributed by atoms with van der Waals surface area (Å²) in [7, 11) is 0. The second-order valence-electron chi connectivity index (χ2n) is 2.89. The maximum absolute atomic E-state index is 7.57. The lowest BCUT2D eigenvalue weighted by Crippen LogP contribution is -1.87. The van der Waals surface area contributed by atoms with Crippen LogP contribution in [-0.4, -0.2) is 0 Å². The van der Waals surface area contributed by atoms with Gasteiger partial charge in [0.15, 0.2) is 0 Å². The number of rotatable bonds is 2. The third-order valence-corrected chi connectivity index (χ3v) is 1.72. The van der Waals surface area contributed by atoms with Crippen molar-refractivity contribution in [3.8, 4) is 11.5 Å². The molecule has 4 N–H and O–H groups in total. The zero-order valence-electron chi connectivity index (χ0n) is 11.9. The van der Waals surface area contributed by atoms with Crippen molar-refractivity contribution in [2.75, 3.05) is 11.5 Å². The summed E-state index contributed by atoms with van der Waals surface area (Å²) in [5.74, 6) is 0.514. The summed E-state index contributed by atoms with van der Waals surface area (Å²) in [6.45, 7) is 0. The summed E-state index contributed by atoms with van der Waals surface area (Å²) in [5, 5.41) is 0. The molecule has 15 heavy (non-hydrogen) atoms. The first-order chi connectivity index (χ1) is 8.88. The van der Waals surface area contributed by atoms with Crippen LogP contribution in [0.5, 0.6) is 11.5 Å². The molecule has 0 saturated heterocycles. The molecule has 0 heterocycles. The molecule has 0 aliphatic rings. The molecule has 0 aliphatic carbocycles. The molecule has 0 atom stereocenters. The molecule has 2 aromatic carbocycles. The van der Waals surface area contributed by atoms with Crippen LogP contribution in [0.2, 0.25) is 0 Å². The van der Waals surface area contributed by atoms with Crippen molar-refractivity contribution in [1.29, 1.82) is 0 Å². The molecule has 0 aromatic heterocycles. The van der Waals surface area contributed by atoms with E-state index in [-0.39, 0.29) is 47.0 Å². The van der Waals surface area contributed by atoms with Crippen LogP contribution in [0.1, 0.15) is 5.48 Å². The van der Waals surface area contributed by atoms with Crippen molar-refractivity contribution in [3.05, 3.63) is 48.4 Å². The van der Waals surface area contributed by atoms with Gasteiger partial charge in [-0.05, 0) is 48.4 Å². The van der Waals surface area contributed by atoms with E-state index in [0.717, 1.165) is 0 Å². The number of nitrogen functional groups attached to an aromatic ring is 2. The molecule has 0 fully saturated rings. The summed E-state index contributed by atoms with van der Waals surface area (Å²) < 4.78 is 35.7. The Kier molecular flexibility index (Phi) is 1.48. The predicted octanol–water partition coefficient (Wildman–Crippen LogP) is 2.64. The van der Waals surface area contributed by atoms with Gasteiger partial charge in [0.1, 0.15) is 11.5 Å². The Morgan fingerprint density at radius 1 is 0.800 bits per heavy atom. The standard InChI is InChI=1S/C12H12N2O/c13-9-1-5-11(6-2-9)15-12-7-3-10(14)4-8-12/h1-8H,13-14H2/i1D,2D,3D,4D. The Morgan fingerprint density at radius 2 is 1.13 bits per heavy atom. The fourth-order valence-electron chi connectivity index (χ4n) is 1.02. The van der Waals surface area contributed by atoms with Crippen molar-refractivity contribution in [2.45, 2.75) is 0 Å². The average Bonchev–Trinajstić information content (AvgIpc) is 2.33. The second kappa shape index (κ2) is 3.92. The van der Waals surface area contributed by atoms with Crippen LogP contribution in [0.4, 0.5) is 11.4 Å². The zero-order chi connectivity index (χ0) is 14.2. The molecule has 0 saturated carbocycles. The summed E-state index contributed by atoms with van der Waals surface area (Å²) in [6.07, 6.45) is 0. The number of ether oxygens (including phenoxy) is 1. The van der Waals surface area contributed by atoms with Gasteiger partial charge in [0.25, 0.3) is 0 Å². The molecule has 3 nitrogen and oxygen atoms in total. The summed E-state index contributed by atoms with van der Waals surface area (Å²) >= 11 is 0. The maximum Gasteiger partial charge on any atom is 0.127 e. The molecule has 0 bridgehead atoms. The van der Waals surface area contributed by atoms with Crippen LogP contribution in [0.15, 0.2) is 48.4 Å². The van der Waals surface area contributed by atoms with Gasteiger partial charge in [-0.15, -0.1) is 0 Å². The van der Waals surface area contributed by atoms with Crippen LogP contribution in [0.3, 0.4) is 0 Å². The number of hydrogen-bond donors (Lipinski definition) is 2. The molecule has 0 radical (unpaired) electrons. The van der Waals surface area contributed by atoms with E-state index in [1.54, 1.807) is 0 Å². The molecule has 3 heteroatoms.